The quantitative estimate of drug-likeness (QED) is 0.899. The minimum atomic E-state index is -3.53. The number of sulfonamides is 1. The van der Waals surface area contributed by atoms with Crippen molar-refractivity contribution in [1.82, 2.24) is 9.62 Å². The molecule has 1 aliphatic heterocycles. The molecule has 1 aromatic carbocycles. The molecule has 0 unspecified atom stereocenters. The Labute approximate surface area is 132 Å². The molecule has 1 saturated heterocycles. The van der Waals surface area contributed by atoms with Crippen molar-refractivity contribution in [2.75, 3.05) is 19.6 Å². The van der Waals surface area contributed by atoms with Crippen molar-refractivity contribution in [3.63, 3.8) is 0 Å². The standard InChI is InChI=1S/C16H24N2O3S/c1-13-10-14(2)12-18(11-13)16(19)8-9-17-22(20,21)15-6-4-3-5-7-15/h3-7,13-14,17H,8-12H2,1-2H3/t13-,14+. The molecule has 0 aliphatic carbocycles. The molecule has 122 valence electrons. The third-order valence-corrected chi connectivity index (χ3v) is 5.38. The Kier molecular flexibility index (Phi) is 5.58. The van der Waals surface area contributed by atoms with Crippen LogP contribution in [0.25, 0.3) is 0 Å². The molecule has 0 radical (unpaired) electrons. The number of benzene rings is 1. The second-order valence-corrected chi connectivity index (χ2v) is 7.97. The van der Waals surface area contributed by atoms with Gasteiger partial charge in [0.05, 0.1) is 4.90 Å². The van der Waals surface area contributed by atoms with Gasteiger partial charge >= 0.3 is 0 Å². The Bertz CT molecular complexity index is 591. The lowest BCUT2D eigenvalue weighted by Gasteiger charge is -2.35. The van der Waals surface area contributed by atoms with Crippen molar-refractivity contribution < 1.29 is 13.2 Å². The SMILES string of the molecule is C[C@@H]1C[C@H](C)CN(C(=O)CCNS(=O)(=O)c2ccccc2)C1. The second-order valence-electron chi connectivity index (χ2n) is 6.21. The molecule has 0 bridgehead atoms. The van der Waals surface area contributed by atoms with Gasteiger partial charge in [0.25, 0.3) is 0 Å². The normalized spacial score (nSPS) is 22.5. The van der Waals surface area contributed by atoms with Crippen molar-refractivity contribution in [2.24, 2.45) is 11.8 Å². The maximum absolute atomic E-state index is 12.2. The van der Waals surface area contributed by atoms with Crippen LogP contribution in [0.2, 0.25) is 0 Å². The van der Waals surface area contributed by atoms with E-state index in [0.717, 1.165) is 19.5 Å². The van der Waals surface area contributed by atoms with Crippen LogP contribution in [0.4, 0.5) is 0 Å². The van der Waals surface area contributed by atoms with Crippen LogP contribution in [0.5, 0.6) is 0 Å². The van der Waals surface area contributed by atoms with E-state index in [0.29, 0.717) is 11.8 Å². The largest absolute Gasteiger partial charge is 0.342 e. The Hall–Kier alpha value is -1.40. The van der Waals surface area contributed by atoms with Crippen molar-refractivity contribution in [1.29, 1.82) is 0 Å². The Morgan fingerprint density at radius 3 is 2.36 bits per heavy atom. The first-order valence-corrected chi connectivity index (χ1v) is 9.19. The average molecular weight is 324 g/mol. The van der Waals surface area contributed by atoms with Gasteiger partial charge in [-0.3, -0.25) is 4.79 Å². The number of carbonyl (C=O) groups excluding carboxylic acids is 1. The Morgan fingerprint density at radius 1 is 1.18 bits per heavy atom. The lowest BCUT2D eigenvalue weighted by molar-refractivity contribution is -0.133. The van der Waals surface area contributed by atoms with Crippen LogP contribution in [0.1, 0.15) is 26.7 Å². The number of amides is 1. The maximum Gasteiger partial charge on any atom is 0.240 e. The zero-order valence-electron chi connectivity index (χ0n) is 13.2. The highest BCUT2D eigenvalue weighted by Gasteiger charge is 2.25. The van der Waals surface area contributed by atoms with Gasteiger partial charge in [-0.15, -0.1) is 0 Å². The summed E-state index contributed by atoms with van der Waals surface area (Å²) in [7, 11) is -3.53. The Balaban J connectivity index is 1.84. The first-order valence-electron chi connectivity index (χ1n) is 7.71. The van der Waals surface area contributed by atoms with Crippen LogP contribution in [-0.2, 0) is 14.8 Å². The number of likely N-dealkylation sites (tertiary alicyclic amines) is 1. The molecule has 0 aromatic heterocycles. The summed E-state index contributed by atoms with van der Waals surface area (Å²) in [5.41, 5.74) is 0. The summed E-state index contributed by atoms with van der Waals surface area (Å²) in [5, 5.41) is 0. The lowest BCUT2D eigenvalue weighted by atomic mass is 9.92. The number of hydrogen-bond acceptors (Lipinski definition) is 3. The summed E-state index contributed by atoms with van der Waals surface area (Å²) in [4.78, 5) is 14.3. The van der Waals surface area contributed by atoms with Crippen molar-refractivity contribution >= 4 is 15.9 Å². The van der Waals surface area contributed by atoms with E-state index in [4.69, 9.17) is 0 Å². The van der Waals surface area contributed by atoms with Gasteiger partial charge < -0.3 is 4.90 Å². The predicted octanol–water partition coefficient (Wildman–Crippen LogP) is 1.86. The van der Waals surface area contributed by atoms with E-state index in [9.17, 15) is 13.2 Å². The van der Waals surface area contributed by atoms with Crippen molar-refractivity contribution in [3.8, 4) is 0 Å². The average Bonchev–Trinajstić information content (AvgIpc) is 2.47. The summed E-state index contributed by atoms with van der Waals surface area (Å²) in [6.07, 6.45) is 1.34. The molecule has 1 aliphatic rings. The fourth-order valence-corrected chi connectivity index (χ4v) is 4.05. The zero-order valence-corrected chi connectivity index (χ0v) is 14.0. The van der Waals surface area contributed by atoms with E-state index in [-0.39, 0.29) is 23.8 Å². The number of nitrogens with one attached hydrogen (secondary N) is 1. The first-order chi connectivity index (χ1) is 10.4. The molecule has 2 atom stereocenters. The highest BCUT2D eigenvalue weighted by atomic mass is 32.2. The molecule has 1 N–H and O–H groups in total. The molecule has 0 saturated carbocycles. The smallest absolute Gasteiger partial charge is 0.240 e. The minimum Gasteiger partial charge on any atom is -0.342 e. The van der Waals surface area contributed by atoms with Gasteiger partial charge in [-0.25, -0.2) is 13.1 Å². The van der Waals surface area contributed by atoms with Gasteiger partial charge in [0.1, 0.15) is 0 Å². The molecule has 2 rings (SSSR count). The molecule has 1 amide bonds. The topological polar surface area (TPSA) is 66.5 Å². The second kappa shape index (κ2) is 7.24. The van der Waals surface area contributed by atoms with Crippen LogP contribution in [0.15, 0.2) is 35.2 Å². The first kappa shape index (κ1) is 17.0. The van der Waals surface area contributed by atoms with Gasteiger partial charge in [-0.05, 0) is 30.4 Å². The van der Waals surface area contributed by atoms with E-state index in [1.807, 2.05) is 4.90 Å². The van der Waals surface area contributed by atoms with E-state index >= 15 is 0 Å². The fraction of sp³-hybridized carbons (Fsp3) is 0.562. The van der Waals surface area contributed by atoms with Crippen LogP contribution >= 0.6 is 0 Å². The van der Waals surface area contributed by atoms with E-state index in [1.165, 1.54) is 12.1 Å². The van der Waals surface area contributed by atoms with Crippen LogP contribution in [-0.4, -0.2) is 38.9 Å². The summed E-state index contributed by atoms with van der Waals surface area (Å²) >= 11 is 0. The molecule has 1 fully saturated rings. The molecule has 22 heavy (non-hydrogen) atoms. The van der Waals surface area contributed by atoms with Crippen molar-refractivity contribution in [2.45, 2.75) is 31.6 Å². The van der Waals surface area contributed by atoms with E-state index < -0.39 is 10.0 Å². The monoisotopic (exact) mass is 324 g/mol. The summed E-state index contributed by atoms with van der Waals surface area (Å²) in [5.74, 6) is 1.04. The van der Waals surface area contributed by atoms with Gasteiger partial charge in [0.15, 0.2) is 0 Å². The van der Waals surface area contributed by atoms with Crippen LogP contribution in [0, 0.1) is 11.8 Å². The lowest BCUT2D eigenvalue weighted by Crippen LogP contribution is -2.43. The predicted molar refractivity (Wildman–Crippen MR) is 85.8 cm³/mol. The van der Waals surface area contributed by atoms with Crippen LogP contribution < -0.4 is 4.72 Å². The molecule has 1 aromatic rings. The molecule has 0 spiro atoms. The van der Waals surface area contributed by atoms with Gasteiger partial charge in [0, 0.05) is 26.1 Å². The number of carbonyl (C=O) groups is 1. The Morgan fingerprint density at radius 2 is 1.77 bits per heavy atom. The molecular formula is C16H24N2O3S. The highest BCUT2D eigenvalue weighted by Crippen LogP contribution is 2.21. The van der Waals surface area contributed by atoms with E-state index in [1.54, 1.807) is 18.2 Å². The van der Waals surface area contributed by atoms with Gasteiger partial charge in [-0.1, -0.05) is 32.0 Å². The number of nitrogens with zero attached hydrogens (tertiary/aromatic N) is 1. The molecular weight excluding hydrogens is 300 g/mol. The van der Waals surface area contributed by atoms with Gasteiger partial charge in [0.2, 0.25) is 15.9 Å². The number of rotatable bonds is 5. The zero-order chi connectivity index (χ0) is 16.2. The minimum absolute atomic E-state index is 0.0224. The molecule has 5 nitrogen and oxygen atoms in total. The van der Waals surface area contributed by atoms with Crippen LogP contribution in [0.3, 0.4) is 0 Å². The van der Waals surface area contributed by atoms with E-state index in [2.05, 4.69) is 18.6 Å². The maximum atomic E-state index is 12.2. The summed E-state index contributed by atoms with van der Waals surface area (Å²) < 4.78 is 26.6. The molecule has 1 heterocycles. The van der Waals surface area contributed by atoms with Gasteiger partial charge in [-0.2, -0.15) is 0 Å². The number of hydrogen-bond donors (Lipinski definition) is 1. The fourth-order valence-electron chi connectivity index (χ4n) is 3.00. The highest BCUT2D eigenvalue weighted by molar-refractivity contribution is 7.89. The third-order valence-electron chi connectivity index (χ3n) is 3.91. The number of piperidine rings is 1. The summed E-state index contributed by atoms with van der Waals surface area (Å²) in [6.45, 7) is 5.97. The summed E-state index contributed by atoms with van der Waals surface area (Å²) in [6, 6.07) is 8.20. The third kappa shape index (κ3) is 4.55. The van der Waals surface area contributed by atoms with Crippen molar-refractivity contribution in [3.05, 3.63) is 30.3 Å². The molecule has 6 heteroatoms.